The number of aromatic nitrogens is 2. The maximum absolute atomic E-state index is 13.0. The summed E-state index contributed by atoms with van der Waals surface area (Å²) in [5.41, 5.74) is 4.99. The molecule has 1 amide bonds. The van der Waals surface area contributed by atoms with Gasteiger partial charge in [-0.1, -0.05) is 30.3 Å². The number of nitrogens with one attached hydrogen (secondary N) is 3. The van der Waals surface area contributed by atoms with E-state index in [0.29, 0.717) is 12.2 Å². The highest BCUT2D eigenvalue weighted by molar-refractivity contribution is 7.10. The van der Waals surface area contributed by atoms with Crippen LogP contribution in [0.3, 0.4) is 0 Å². The van der Waals surface area contributed by atoms with Gasteiger partial charge in [0.2, 0.25) is 0 Å². The average molecular weight is 403 g/mol. The lowest BCUT2D eigenvalue weighted by Gasteiger charge is -2.19. The molecule has 1 aromatic carbocycles. The number of thiophene rings is 1. The number of carbonyl (C=O) groups is 1. The number of aryl methyl sites for hydroxylation is 1. The second-order valence-electron chi connectivity index (χ2n) is 6.64. The fourth-order valence-electron chi connectivity index (χ4n) is 3.44. The fourth-order valence-corrected chi connectivity index (χ4v) is 4.42. The van der Waals surface area contributed by atoms with Gasteiger partial charge in [0, 0.05) is 35.6 Å². The summed E-state index contributed by atoms with van der Waals surface area (Å²) in [5.74, 6) is -0.111. The number of rotatable bonds is 5. The van der Waals surface area contributed by atoms with Crippen LogP contribution in [0.4, 0.5) is 0 Å². The first-order valence-corrected chi connectivity index (χ1v) is 9.76. The predicted octanol–water partition coefficient (Wildman–Crippen LogP) is 3.56. The molecule has 1 aliphatic rings. The molecule has 1 aliphatic heterocycles. The first-order valence-electron chi connectivity index (χ1n) is 8.88. The number of benzene rings is 1. The maximum Gasteiger partial charge on any atom is 0.272 e. The smallest absolute Gasteiger partial charge is 0.272 e. The summed E-state index contributed by atoms with van der Waals surface area (Å²) >= 11 is 1.69. The van der Waals surface area contributed by atoms with E-state index in [-0.39, 0.29) is 24.4 Å². The van der Waals surface area contributed by atoms with E-state index in [1.807, 2.05) is 18.2 Å². The van der Waals surface area contributed by atoms with Crippen molar-refractivity contribution in [3.05, 3.63) is 74.7 Å². The van der Waals surface area contributed by atoms with Crippen LogP contribution in [0, 0.1) is 6.92 Å². The van der Waals surface area contributed by atoms with Crippen molar-refractivity contribution in [3.8, 4) is 0 Å². The molecule has 0 radical (unpaired) electrons. The Labute approximate surface area is 169 Å². The molecule has 4 rings (SSSR count). The molecule has 2 aromatic heterocycles. The molecule has 3 aromatic rings. The van der Waals surface area contributed by atoms with E-state index in [1.165, 1.54) is 16.0 Å². The number of halogens is 1. The number of H-pyrrole nitrogens is 1. The zero-order chi connectivity index (χ0) is 17.9. The van der Waals surface area contributed by atoms with Crippen LogP contribution < -0.4 is 10.6 Å². The Hall–Kier alpha value is -2.15. The molecule has 3 N–H and O–H groups in total. The number of amides is 1. The summed E-state index contributed by atoms with van der Waals surface area (Å²) in [6, 6.07) is 12.3. The third-order valence-corrected chi connectivity index (χ3v) is 5.96. The lowest BCUT2D eigenvalue weighted by atomic mass is 10.0. The van der Waals surface area contributed by atoms with Gasteiger partial charge in [-0.15, -0.1) is 23.7 Å². The van der Waals surface area contributed by atoms with Gasteiger partial charge in [0.25, 0.3) is 5.91 Å². The summed E-state index contributed by atoms with van der Waals surface area (Å²) in [7, 11) is 0. The zero-order valence-electron chi connectivity index (χ0n) is 15.1. The molecule has 0 saturated carbocycles. The largest absolute Gasteiger partial charge is 0.343 e. The van der Waals surface area contributed by atoms with Gasteiger partial charge in [0.1, 0.15) is 0 Å². The predicted molar refractivity (Wildman–Crippen MR) is 111 cm³/mol. The number of fused-ring (bicyclic) bond motifs is 1. The summed E-state index contributed by atoms with van der Waals surface area (Å²) in [4.78, 5) is 14.2. The first-order chi connectivity index (χ1) is 12.7. The summed E-state index contributed by atoms with van der Waals surface area (Å²) in [6.45, 7) is 3.70. The van der Waals surface area contributed by atoms with Crippen LogP contribution in [-0.2, 0) is 19.4 Å². The molecule has 27 heavy (non-hydrogen) atoms. The van der Waals surface area contributed by atoms with Crippen molar-refractivity contribution in [2.45, 2.75) is 32.4 Å². The highest BCUT2D eigenvalue weighted by atomic mass is 35.5. The molecule has 1 atom stereocenters. The SMILES string of the molecule is Cc1ccsc1C(Cc1ccccc1)NC(=O)c1n[nH]c2c1CNCC2.Cl. The highest BCUT2D eigenvalue weighted by Gasteiger charge is 2.25. The first kappa shape index (κ1) is 19.6. The summed E-state index contributed by atoms with van der Waals surface area (Å²) in [5, 5.41) is 15.9. The zero-order valence-corrected chi connectivity index (χ0v) is 16.8. The van der Waals surface area contributed by atoms with Crippen LogP contribution in [0.2, 0.25) is 0 Å². The molecule has 0 bridgehead atoms. The van der Waals surface area contributed by atoms with Crippen LogP contribution in [-0.4, -0.2) is 22.6 Å². The van der Waals surface area contributed by atoms with Crippen molar-refractivity contribution in [2.24, 2.45) is 0 Å². The minimum atomic E-state index is -0.111. The van der Waals surface area contributed by atoms with Crippen molar-refractivity contribution in [1.29, 1.82) is 0 Å². The highest BCUT2D eigenvalue weighted by Crippen LogP contribution is 2.27. The minimum absolute atomic E-state index is 0. The molecule has 0 fully saturated rings. The van der Waals surface area contributed by atoms with E-state index in [4.69, 9.17) is 0 Å². The van der Waals surface area contributed by atoms with Crippen LogP contribution in [0.25, 0.3) is 0 Å². The molecule has 0 saturated heterocycles. The van der Waals surface area contributed by atoms with Crippen molar-refractivity contribution < 1.29 is 4.79 Å². The van der Waals surface area contributed by atoms with Crippen LogP contribution in [0.15, 0.2) is 41.8 Å². The van der Waals surface area contributed by atoms with Crippen LogP contribution in [0.5, 0.6) is 0 Å². The van der Waals surface area contributed by atoms with Gasteiger partial charge in [-0.25, -0.2) is 0 Å². The normalized spacial score (nSPS) is 14.1. The lowest BCUT2D eigenvalue weighted by Crippen LogP contribution is -2.32. The van der Waals surface area contributed by atoms with E-state index in [2.05, 4.69) is 51.3 Å². The second kappa shape index (κ2) is 8.69. The van der Waals surface area contributed by atoms with Gasteiger partial charge in [-0.3, -0.25) is 9.89 Å². The number of carbonyl (C=O) groups excluding carboxylic acids is 1. The number of hydrogen-bond donors (Lipinski definition) is 3. The van der Waals surface area contributed by atoms with Crippen LogP contribution in [0.1, 0.15) is 43.8 Å². The molecular formula is C20H23ClN4OS. The van der Waals surface area contributed by atoms with Gasteiger partial charge in [0.05, 0.1) is 6.04 Å². The van der Waals surface area contributed by atoms with E-state index >= 15 is 0 Å². The Morgan fingerprint density at radius 1 is 1.30 bits per heavy atom. The third kappa shape index (κ3) is 4.24. The summed E-state index contributed by atoms with van der Waals surface area (Å²) in [6.07, 6.45) is 1.64. The van der Waals surface area contributed by atoms with E-state index in [1.54, 1.807) is 11.3 Å². The Kier molecular flexibility index (Phi) is 6.31. The average Bonchev–Trinajstić information content (AvgIpc) is 3.28. The van der Waals surface area contributed by atoms with Gasteiger partial charge >= 0.3 is 0 Å². The molecular weight excluding hydrogens is 380 g/mol. The second-order valence-corrected chi connectivity index (χ2v) is 7.59. The van der Waals surface area contributed by atoms with Crippen molar-refractivity contribution >= 4 is 29.7 Å². The molecule has 0 aliphatic carbocycles. The monoisotopic (exact) mass is 402 g/mol. The molecule has 7 heteroatoms. The van der Waals surface area contributed by atoms with Crippen molar-refractivity contribution in [1.82, 2.24) is 20.8 Å². The molecule has 0 spiro atoms. The third-order valence-electron chi connectivity index (χ3n) is 4.83. The Bertz CT molecular complexity index is 906. The quantitative estimate of drug-likeness (QED) is 0.611. The van der Waals surface area contributed by atoms with E-state index in [9.17, 15) is 4.79 Å². The minimum Gasteiger partial charge on any atom is -0.343 e. The van der Waals surface area contributed by atoms with Gasteiger partial charge in [0.15, 0.2) is 5.69 Å². The van der Waals surface area contributed by atoms with E-state index < -0.39 is 0 Å². The Morgan fingerprint density at radius 2 is 2.11 bits per heavy atom. The Balaban J connectivity index is 0.00000210. The topological polar surface area (TPSA) is 69.8 Å². The summed E-state index contributed by atoms with van der Waals surface area (Å²) < 4.78 is 0. The molecule has 1 unspecified atom stereocenters. The van der Waals surface area contributed by atoms with Crippen molar-refractivity contribution in [2.75, 3.05) is 6.54 Å². The fraction of sp³-hybridized carbons (Fsp3) is 0.300. The maximum atomic E-state index is 13.0. The molecule has 5 nitrogen and oxygen atoms in total. The van der Waals surface area contributed by atoms with Gasteiger partial charge in [-0.05, 0) is 35.9 Å². The standard InChI is InChI=1S/C20H22N4OS.ClH/c1-13-8-10-26-19(13)17(11-14-5-3-2-4-6-14)22-20(25)18-15-12-21-9-7-16(15)23-24-18;/h2-6,8,10,17,21H,7,9,11-12H2,1H3,(H,22,25)(H,23,24);1H. The molecule has 3 heterocycles. The number of hydrogen-bond acceptors (Lipinski definition) is 4. The van der Waals surface area contributed by atoms with Crippen LogP contribution >= 0.6 is 23.7 Å². The lowest BCUT2D eigenvalue weighted by molar-refractivity contribution is 0.0931. The van der Waals surface area contributed by atoms with Gasteiger partial charge < -0.3 is 10.6 Å². The van der Waals surface area contributed by atoms with Crippen molar-refractivity contribution in [3.63, 3.8) is 0 Å². The molecule has 142 valence electrons. The van der Waals surface area contributed by atoms with Gasteiger partial charge in [-0.2, -0.15) is 5.10 Å². The number of aromatic amines is 1. The van der Waals surface area contributed by atoms with E-state index in [0.717, 1.165) is 30.6 Å². The Morgan fingerprint density at radius 3 is 2.85 bits per heavy atom. The number of nitrogens with zero attached hydrogens (tertiary/aromatic N) is 1.